The molecule has 5 nitrogen and oxygen atoms in total. The van der Waals surface area contributed by atoms with Gasteiger partial charge in [0.2, 0.25) is 0 Å². The number of aryl methyl sites for hydroxylation is 4. The van der Waals surface area contributed by atoms with Crippen molar-refractivity contribution in [3.63, 3.8) is 0 Å². The van der Waals surface area contributed by atoms with Gasteiger partial charge in [-0.05, 0) is 129 Å². The van der Waals surface area contributed by atoms with Gasteiger partial charge in [0.15, 0.2) is 0 Å². The normalized spacial score (nSPS) is 11.4. The lowest BCUT2D eigenvalue weighted by atomic mass is 9.88. The van der Waals surface area contributed by atoms with E-state index in [0.29, 0.717) is 11.1 Å². The molecule has 0 N–H and O–H groups in total. The molecular formula is C53H37N5. The second kappa shape index (κ2) is 13.5. The Kier molecular flexibility index (Phi) is 8.08. The highest BCUT2D eigenvalue weighted by molar-refractivity contribution is 6.11. The maximum Gasteiger partial charge on any atom is 0.101 e. The van der Waals surface area contributed by atoms with Crippen molar-refractivity contribution >= 4 is 43.6 Å². The largest absolute Gasteiger partial charge is 0.309 e. The van der Waals surface area contributed by atoms with Crippen LogP contribution in [0.1, 0.15) is 33.4 Å². The summed E-state index contributed by atoms with van der Waals surface area (Å²) in [6.45, 7) is 8.56. The van der Waals surface area contributed by atoms with Crippen molar-refractivity contribution < 1.29 is 0 Å². The summed E-state index contributed by atoms with van der Waals surface area (Å²) in [5.41, 5.74) is 18.1. The van der Waals surface area contributed by atoms with Crippen LogP contribution in [-0.4, -0.2) is 14.1 Å². The van der Waals surface area contributed by atoms with Crippen molar-refractivity contribution in [1.82, 2.24) is 14.1 Å². The molecule has 0 saturated carbocycles. The van der Waals surface area contributed by atoms with Crippen molar-refractivity contribution in [3.05, 3.63) is 185 Å². The minimum Gasteiger partial charge on any atom is -0.309 e. The third-order valence-corrected chi connectivity index (χ3v) is 11.5. The predicted octanol–water partition coefficient (Wildman–Crippen LogP) is 13.3. The Bertz CT molecular complexity index is 3080. The average molecular weight is 744 g/mol. The molecule has 0 fully saturated rings. The SMILES string of the molecule is Cc1ccc2c(c1)c1cc(C)ccc1n2-c1ccc(-c2cncc(-c3ccc(-n4c5ccc(C)cc5c5cc(C)ccc54)cc3)c2-c2ccc(C#N)c(C#N)c2)cc1. The molecule has 5 heteroatoms. The zero-order valence-electron chi connectivity index (χ0n) is 32.7. The van der Waals surface area contributed by atoms with E-state index in [4.69, 9.17) is 4.98 Å². The van der Waals surface area contributed by atoms with Crippen LogP contribution in [0.15, 0.2) is 152 Å². The van der Waals surface area contributed by atoms with Gasteiger partial charge in [0.05, 0.1) is 33.2 Å². The van der Waals surface area contributed by atoms with E-state index in [1.807, 2.05) is 24.5 Å². The minimum atomic E-state index is 0.341. The fourth-order valence-corrected chi connectivity index (χ4v) is 8.74. The first-order chi connectivity index (χ1) is 28.3. The maximum absolute atomic E-state index is 10.1. The molecule has 0 unspecified atom stereocenters. The first-order valence-corrected chi connectivity index (χ1v) is 19.5. The van der Waals surface area contributed by atoms with Gasteiger partial charge >= 0.3 is 0 Å². The third kappa shape index (κ3) is 5.56. The van der Waals surface area contributed by atoms with E-state index in [-0.39, 0.29) is 0 Å². The van der Waals surface area contributed by atoms with Crippen molar-refractivity contribution in [2.75, 3.05) is 0 Å². The summed E-state index contributed by atoms with van der Waals surface area (Å²) in [4.78, 5) is 4.81. The van der Waals surface area contributed by atoms with Crippen molar-refractivity contribution in [2.45, 2.75) is 27.7 Å². The second-order valence-electron chi connectivity index (χ2n) is 15.4. The molecule has 0 aliphatic rings. The molecule has 0 aliphatic heterocycles. The van der Waals surface area contributed by atoms with Crippen molar-refractivity contribution in [1.29, 1.82) is 10.5 Å². The molecule has 0 aliphatic carbocycles. The third-order valence-electron chi connectivity index (χ3n) is 11.5. The fraction of sp³-hybridized carbons (Fsp3) is 0.0755. The van der Waals surface area contributed by atoms with Gasteiger partial charge in [-0.15, -0.1) is 0 Å². The van der Waals surface area contributed by atoms with Crippen LogP contribution in [0.4, 0.5) is 0 Å². The lowest BCUT2D eigenvalue weighted by molar-refractivity contribution is 1.18. The van der Waals surface area contributed by atoms with Gasteiger partial charge in [0, 0.05) is 62.0 Å². The number of nitriles is 2. The predicted molar refractivity (Wildman–Crippen MR) is 238 cm³/mol. The number of nitrogens with zero attached hydrogens (tertiary/aromatic N) is 5. The van der Waals surface area contributed by atoms with Crippen LogP contribution in [0, 0.1) is 50.4 Å². The van der Waals surface area contributed by atoms with Crippen LogP contribution in [0.5, 0.6) is 0 Å². The Morgan fingerprint density at radius 1 is 0.397 bits per heavy atom. The summed E-state index contributed by atoms with van der Waals surface area (Å²) in [7, 11) is 0. The van der Waals surface area contributed by atoms with E-state index in [1.165, 1.54) is 65.9 Å². The van der Waals surface area contributed by atoms with E-state index in [0.717, 1.165) is 44.8 Å². The van der Waals surface area contributed by atoms with Crippen molar-refractivity contribution in [3.8, 4) is 56.9 Å². The van der Waals surface area contributed by atoms with Crippen molar-refractivity contribution in [2.24, 2.45) is 0 Å². The molecule has 3 heterocycles. The number of pyridine rings is 1. The summed E-state index contributed by atoms with van der Waals surface area (Å²) < 4.78 is 4.67. The highest BCUT2D eigenvalue weighted by Crippen LogP contribution is 2.42. The van der Waals surface area contributed by atoms with Gasteiger partial charge in [-0.25, -0.2) is 0 Å². The Morgan fingerprint density at radius 3 is 1.12 bits per heavy atom. The molecule has 3 aromatic heterocycles. The Balaban J connectivity index is 1.13. The van der Waals surface area contributed by atoms with Crippen LogP contribution >= 0.6 is 0 Å². The summed E-state index contributed by atoms with van der Waals surface area (Å²) in [6, 6.07) is 53.9. The molecule has 58 heavy (non-hydrogen) atoms. The number of aromatic nitrogens is 3. The lowest BCUT2D eigenvalue weighted by Crippen LogP contribution is -1.97. The van der Waals surface area contributed by atoms with Gasteiger partial charge < -0.3 is 9.13 Å². The topological polar surface area (TPSA) is 70.3 Å². The second-order valence-corrected chi connectivity index (χ2v) is 15.4. The maximum atomic E-state index is 10.1. The molecule has 0 saturated heterocycles. The first kappa shape index (κ1) is 34.7. The number of fused-ring (bicyclic) bond motifs is 6. The van der Waals surface area contributed by atoms with Crippen LogP contribution < -0.4 is 0 Å². The smallest absolute Gasteiger partial charge is 0.101 e. The number of hydrogen-bond donors (Lipinski definition) is 0. The van der Waals surface area contributed by atoms with E-state index >= 15 is 0 Å². The Hall–Kier alpha value is -7.73. The summed E-state index contributed by atoms with van der Waals surface area (Å²) in [6.07, 6.45) is 3.81. The highest BCUT2D eigenvalue weighted by atomic mass is 15.0. The number of rotatable bonds is 5. The van der Waals surface area contributed by atoms with E-state index < -0.39 is 0 Å². The van der Waals surface area contributed by atoms with Crippen LogP contribution in [-0.2, 0) is 0 Å². The fourth-order valence-electron chi connectivity index (χ4n) is 8.74. The molecular weight excluding hydrogens is 707 g/mol. The van der Waals surface area contributed by atoms with Gasteiger partial charge in [0.1, 0.15) is 12.1 Å². The molecule has 0 amide bonds. The van der Waals surface area contributed by atoms with Crippen LogP contribution in [0.25, 0.3) is 88.4 Å². The van der Waals surface area contributed by atoms with Gasteiger partial charge in [-0.2, -0.15) is 10.5 Å². The lowest BCUT2D eigenvalue weighted by Gasteiger charge is -2.17. The van der Waals surface area contributed by atoms with Gasteiger partial charge in [0.25, 0.3) is 0 Å². The Labute approximate surface area is 336 Å². The van der Waals surface area contributed by atoms with E-state index in [9.17, 15) is 10.5 Å². The van der Waals surface area contributed by atoms with Gasteiger partial charge in [-0.3, -0.25) is 4.98 Å². The number of benzene rings is 7. The minimum absolute atomic E-state index is 0.341. The molecule has 7 aromatic carbocycles. The molecule has 0 radical (unpaired) electrons. The molecule has 0 bridgehead atoms. The molecule has 10 aromatic rings. The van der Waals surface area contributed by atoms with Crippen LogP contribution in [0.2, 0.25) is 0 Å². The monoisotopic (exact) mass is 743 g/mol. The molecule has 0 atom stereocenters. The quantitative estimate of drug-likeness (QED) is 0.176. The standard InChI is InChI=1S/C53H37N5/c1-32-5-19-49-43(23-32)44-24-33(2)6-20-50(44)57(49)41-15-11-36(12-16-41)47-30-56-31-48(53(47)38-9-10-39(28-54)40(27-38)29-55)37-13-17-42(18-14-37)58-51-21-7-34(3)25-45(51)46-26-35(4)8-22-52(46)58/h5-27,30-31H,1-4H3. The zero-order valence-corrected chi connectivity index (χ0v) is 32.7. The average Bonchev–Trinajstić information content (AvgIpc) is 3.74. The summed E-state index contributed by atoms with van der Waals surface area (Å²) in [5.74, 6) is 0. The molecule has 0 spiro atoms. The Morgan fingerprint density at radius 2 is 0.759 bits per heavy atom. The number of hydrogen-bond acceptors (Lipinski definition) is 3. The summed E-state index contributed by atoms with van der Waals surface area (Å²) >= 11 is 0. The molecule has 10 rings (SSSR count). The first-order valence-electron chi connectivity index (χ1n) is 19.5. The summed E-state index contributed by atoms with van der Waals surface area (Å²) in [5, 5.41) is 24.8. The van der Waals surface area contributed by atoms with E-state index in [1.54, 1.807) is 6.07 Å². The van der Waals surface area contributed by atoms with E-state index in [2.05, 4.69) is 170 Å². The zero-order chi connectivity index (χ0) is 39.7. The highest BCUT2D eigenvalue weighted by Gasteiger charge is 2.19. The molecule has 274 valence electrons. The van der Waals surface area contributed by atoms with Gasteiger partial charge in [-0.1, -0.05) is 76.9 Å². The van der Waals surface area contributed by atoms with Crippen LogP contribution in [0.3, 0.4) is 0 Å².